The molecule has 2 amide bonds. The predicted octanol–water partition coefficient (Wildman–Crippen LogP) is 1.66. The van der Waals surface area contributed by atoms with Gasteiger partial charge in [-0.2, -0.15) is 11.8 Å². The topological polar surface area (TPSA) is 122 Å². The Labute approximate surface area is 179 Å². The number of alkyl carbamates (subject to hydrolysis) is 1. The van der Waals surface area contributed by atoms with E-state index in [2.05, 4.69) is 20.6 Å². The second-order valence-electron chi connectivity index (χ2n) is 6.41. The van der Waals surface area contributed by atoms with Crippen LogP contribution in [0.3, 0.4) is 0 Å². The first-order valence-electron chi connectivity index (χ1n) is 9.35. The number of methoxy groups -OCH3 is 1. The zero-order valence-corrected chi connectivity index (χ0v) is 17.7. The summed E-state index contributed by atoms with van der Waals surface area (Å²) in [7, 11) is 1.27. The number of carbonyl (C=O) groups is 3. The van der Waals surface area contributed by atoms with Crippen LogP contribution in [0.25, 0.3) is 0 Å². The van der Waals surface area contributed by atoms with Crippen LogP contribution in [0.15, 0.2) is 42.9 Å². The number of esters is 1. The fraction of sp³-hybridized carbons (Fsp3) is 0.400. The van der Waals surface area contributed by atoms with Crippen molar-refractivity contribution < 1.29 is 23.9 Å². The molecule has 1 heterocycles. The third kappa shape index (κ3) is 7.78. The van der Waals surface area contributed by atoms with Crippen molar-refractivity contribution in [3.8, 4) is 0 Å². The van der Waals surface area contributed by atoms with Crippen molar-refractivity contribution in [2.45, 2.75) is 31.5 Å². The highest BCUT2D eigenvalue weighted by molar-refractivity contribution is 7.98. The minimum absolute atomic E-state index is 0.0730. The monoisotopic (exact) mass is 434 g/mol. The van der Waals surface area contributed by atoms with E-state index in [-0.39, 0.29) is 13.0 Å². The molecule has 0 aliphatic carbocycles. The third-order valence-electron chi connectivity index (χ3n) is 4.21. The van der Waals surface area contributed by atoms with Crippen molar-refractivity contribution in [1.29, 1.82) is 0 Å². The van der Waals surface area contributed by atoms with Gasteiger partial charge in [-0.25, -0.2) is 14.6 Å². The lowest BCUT2D eigenvalue weighted by Crippen LogP contribution is -2.53. The maximum Gasteiger partial charge on any atom is 0.408 e. The summed E-state index contributed by atoms with van der Waals surface area (Å²) in [4.78, 5) is 43.9. The van der Waals surface area contributed by atoms with E-state index in [1.807, 2.05) is 36.6 Å². The van der Waals surface area contributed by atoms with Crippen molar-refractivity contribution in [3.05, 3.63) is 54.1 Å². The summed E-state index contributed by atoms with van der Waals surface area (Å²) in [6.07, 6.45) is 4.77. The van der Waals surface area contributed by atoms with Crippen LogP contribution in [0.2, 0.25) is 0 Å². The van der Waals surface area contributed by atoms with Crippen molar-refractivity contribution >= 4 is 29.7 Å². The van der Waals surface area contributed by atoms with Gasteiger partial charge in [-0.05, 0) is 24.0 Å². The Bertz CT molecular complexity index is 801. The molecular formula is C20H26N4O5S. The molecule has 0 saturated carbocycles. The molecule has 0 bridgehead atoms. The first-order valence-corrected chi connectivity index (χ1v) is 10.7. The number of hydrogen-bond acceptors (Lipinski definition) is 7. The average molecular weight is 435 g/mol. The highest BCUT2D eigenvalue weighted by atomic mass is 32.2. The van der Waals surface area contributed by atoms with E-state index < -0.39 is 30.1 Å². The van der Waals surface area contributed by atoms with E-state index in [1.165, 1.54) is 13.4 Å². The first kappa shape index (κ1) is 23.3. The van der Waals surface area contributed by atoms with E-state index in [4.69, 9.17) is 9.47 Å². The Morgan fingerprint density at radius 2 is 1.93 bits per heavy atom. The van der Waals surface area contributed by atoms with Gasteiger partial charge < -0.3 is 25.1 Å². The van der Waals surface area contributed by atoms with E-state index in [1.54, 1.807) is 18.0 Å². The summed E-state index contributed by atoms with van der Waals surface area (Å²) in [5.74, 6) is -0.389. The van der Waals surface area contributed by atoms with Crippen LogP contribution in [0.5, 0.6) is 0 Å². The minimum Gasteiger partial charge on any atom is -0.467 e. The maximum absolute atomic E-state index is 12.8. The number of hydrogen-bond donors (Lipinski definition) is 3. The number of thioether (sulfide) groups is 1. The lowest BCUT2D eigenvalue weighted by atomic mass is 10.1. The molecule has 2 aromatic rings. The lowest BCUT2D eigenvalue weighted by Gasteiger charge is -2.21. The van der Waals surface area contributed by atoms with Crippen LogP contribution < -0.4 is 10.6 Å². The quantitative estimate of drug-likeness (QED) is 0.460. The van der Waals surface area contributed by atoms with Gasteiger partial charge in [-0.1, -0.05) is 30.3 Å². The Morgan fingerprint density at radius 1 is 1.17 bits per heavy atom. The maximum atomic E-state index is 12.8. The fourth-order valence-corrected chi connectivity index (χ4v) is 3.10. The number of nitrogens with zero attached hydrogens (tertiary/aromatic N) is 1. The number of nitrogens with one attached hydrogen (secondary N) is 3. The number of ether oxygens (including phenoxy) is 2. The Morgan fingerprint density at radius 3 is 2.57 bits per heavy atom. The van der Waals surface area contributed by atoms with Gasteiger partial charge >= 0.3 is 12.1 Å². The largest absolute Gasteiger partial charge is 0.467 e. The third-order valence-corrected chi connectivity index (χ3v) is 4.86. The van der Waals surface area contributed by atoms with Crippen LogP contribution >= 0.6 is 11.8 Å². The highest BCUT2D eigenvalue weighted by Gasteiger charge is 2.28. The molecule has 0 unspecified atom stereocenters. The van der Waals surface area contributed by atoms with Gasteiger partial charge in [-0.15, -0.1) is 0 Å². The summed E-state index contributed by atoms with van der Waals surface area (Å²) in [5.41, 5.74) is 1.47. The standard InChI is InChI=1S/C20H26N4O5S/c1-28-19(26)16(8-9-30-2)23-18(25)17(10-15-11-21-13-22-15)24-20(27)29-12-14-6-4-3-5-7-14/h3-7,11,13,16-17H,8-10,12H2,1-2H3,(H,21,22)(H,23,25)(H,24,27)/t16-,17-/m1/s1. The van der Waals surface area contributed by atoms with Gasteiger partial charge in [0.2, 0.25) is 5.91 Å². The number of H-pyrrole nitrogens is 1. The van der Waals surface area contributed by atoms with Crippen molar-refractivity contribution in [2.75, 3.05) is 19.1 Å². The molecule has 0 spiro atoms. The van der Waals surface area contributed by atoms with Crippen molar-refractivity contribution in [2.24, 2.45) is 0 Å². The smallest absolute Gasteiger partial charge is 0.408 e. The summed E-state index contributed by atoms with van der Waals surface area (Å²) >= 11 is 1.55. The fourth-order valence-electron chi connectivity index (χ4n) is 2.63. The molecule has 0 aliphatic heterocycles. The zero-order valence-electron chi connectivity index (χ0n) is 16.9. The van der Waals surface area contributed by atoms with Gasteiger partial charge in [0.05, 0.1) is 13.4 Å². The average Bonchev–Trinajstić information content (AvgIpc) is 3.28. The molecule has 10 heteroatoms. The van der Waals surface area contributed by atoms with Gasteiger partial charge in [0.15, 0.2) is 0 Å². The molecule has 0 aliphatic rings. The SMILES string of the molecule is COC(=O)[C@@H](CCSC)NC(=O)[C@@H](Cc1cnc[nH]1)NC(=O)OCc1ccccc1. The molecule has 30 heavy (non-hydrogen) atoms. The normalized spacial score (nSPS) is 12.5. The summed E-state index contributed by atoms with van der Waals surface area (Å²) < 4.78 is 9.99. The molecule has 1 aromatic carbocycles. The second-order valence-corrected chi connectivity index (χ2v) is 7.39. The molecule has 0 fully saturated rings. The van der Waals surface area contributed by atoms with Gasteiger partial charge in [0.25, 0.3) is 0 Å². The van der Waals surface area contributed by atoms with Gasteiger partial charge in [0.1, 0.15) is 18.7 Å². The summed E-state index contributed by atoms with van der Waals surface area (Å²) in [6.45, 7) is 0.0730. The number of amides is 2. The van der Waals surface area contributed by atoms with Gasteiger partial charge in [-0.3, -0.25) is 4.79 Å². The summed E-state index contributed by atoms with van der Waals surface area (Å²) in [6, 6.07) is 7.43. The Balaban J connectivity index is 2.02. The van der Waals surface area contributed by atoms with E-state index in [9.17, 15) is 14.4 Å². The summed E-state index contributed by atoms with van der Waals surface area (Å²) in [5, 5.41) is 5.23. The number of aromatic amines is 1. The van der Waals surface area contributed by atoms with E-state index in [0.717, 1.165) is 5.56 Å². The van der Waals surface area contributed by atoms with Crippen molar-refractivity contribution in [1.82, 2.24) is 20.6 Å². The van der Waals surface area contributed by atoms with E-state index >= 15 is 0 Å². The van der Waals surface area contributed by atoms with Crippen molar-refractivity contribution in [3.63, 3.8) is 0 Å². The predicted molar refractivity (Wildman–Crippen MR) is 113 cm³/mol. The second kappa shape index (κ2) is 12.5. The molecule has 3 N–H and O–H groups in total. The van der Waals surface area contributed by atoms with Crippen LogP contribution in [-0.4, -0.2) is 59.1 Å². The molecule has 9 nitrogen and oxygen atoms in total. The minimum atomic E-state index is -0.963. The van der Waals surface area contributed by atoms with Crippen LogP contribution in [-0.2, 0) is 32.1 Å². The van der Waals surface area contributed by atoms with Crippen LogP contribution in [0.4, 0.5) is 4.79 Å². The molecular weight excluding hydrogens is 408 g/mol. The first-order chi connectivity index (χ1) is 14.5. The number of imidazole rings is 1. The zero-order chi connectivity index (χ0) is 21.8. The number of benzene rings is 1. The van der Waals surface area contributed by atoms with Gasteiger partial charge in [0, 0.05) is 18.3 Å². The van der Waals surface area contributed by atoms with Crippen LogP contribution in [0, 0.1) is 0 Å². The number of aromatic nitrogens is 2. The molecule has 2 atom stereocenters. The molecule has 162 valence electrons. The molecule has 0 saturated heterocycles. The molecule has 2 rings (SSSR count). The lowest BCUT2D eigenvalue weighted by molar-refractivity contribution is -0.145. The highest BCUT2D eigenvalue weighted by Crippen LogP contribution is 2.06. The Hall–Kier alpha value is -3.01. The molecule has 1 aromatic heterocycles. The van der Waals surface area contributed by atoms with Crippen LogP contribution in [0.1, 0.15) is 17.7 Å². The number of carbonyl (C=O) groups excluding carboxylic acids is 3. The van der Waals surface area contributed by atoms with E-state index in [0.29, 0.717) is 17.9 Å². The Kier molecular flexibility index (Phi) is 9.72. The number of rotatable bonds is 11. The molecule has 0 radical (unpaired) electrons.